The van der Waals surface area contributed by atoms with Crippen LogP contribution in [-0.4, -0.2) is 59.1 Å². The van der Waals surface area contributed by atoms with Crippen LogP contribution < -0.4 is 10.6 Å². The van der Waals surface area contributed by atoms with Crippen molar-refractivity contribution in [1.29, 1.82) is 0 Å². The van der Waals surface area contributed by atoms with E-state index in [4.69, 9.17) is 9.47 Å². The van der Waals surface area contributed by atoms with E-state index in [2.05, 4.69) is 10.6 Å². The SMILES string of the molecule is CCOC(=O)CCNC(=O)C(c1ccc(C)cc1)N(C(=O)C(NC(=O)OC(C)(C)C)C(C)CC)C(C)(C)CC. The highest BCUT2D eigenvalue weighted by Crippen LogP contribution is 2.33. The third kappa shape index (κ3) is 10.5. The molecule has 220 valence electrons. The van der Waals surface area contributed by atoms with Crippen LogP contribution in [0.5, 0.6) is 0 Å². The number of esters is 1. The number of carbonyl (C=O) groups is 4. The van der Waals surface area contributed by atoms with Gasteiger partial charge in [0.05, 0.1) is 13.0 Å². The predicted octanol–water partition coefficient (Wildman–Crippen LogP) is 5.06. The van der Waals surface area contributed by atoms with Gasteiger partial charge in [-0.15, -0.1) is 0 Å². The second-order valence-corrected chi connectivity index (χ2v) is 11.5. The van der Waals surface area contributed by atoms with E-state index in [0.29, 0.717) is 18.4 Å². The van der Waals surface area contributed by atoms with E-state index in [1.165, 1.54) is 0 Å². The molecule has 0 fully saturated rings. The van der Waals surface area contributed by atoms with E-state index in [-0.39, 0.29) is 31.4 Å². The number of hydrogen-bond acceptors (Lipinski definition) is 6. The molecule has 0 spiro atoms. The molecule has 0 aliphatic rings. The van der Waals surface area contributed by atoms with Gasteiger partial charge in [0, 0.05) is 12.1 Å². The Labute approximate surface area is 234 Å². The van der Waals surface area contributed by atoms with Crippen LogP contribution in [0.4, 0.5) is 4.79 Å². The molecule has 9 nitrogen and oxygen atoms in total. The molecule has 0 saturated heterocycles. The number of rotatable bonds is 13. The Morgan fingerprint density at radius 3 is 2.05 bits per heavy atom. The summed E-state index contributed by atoms with van der Waals surface area (Å²) in [5.74, 6) is -1.44. The smallest absolute Gasteiger partial charge is 0.408 e. The molecule has 1 aromatic carbocycles. The minimum Gasteiger partial charge on any atom is -0.466 e. The minimum atomic E-state index is -0.998. The molecule has 0 radical (unpaired) electrons. The summed E-state index contributed by atoms with van der Waals surface area (Å²) in [6, 6.07) is 5.52. The molecule has 3 unspecified atom stereocenters. The highest BCUT2D eigenvalue weighted by atomic mass is 16.6. The van der Waals surface area contributed by atoms with Crippen LogP contribution in [-0.2, 0) is 23.9 Å². The largest absolute Gasteiger partial charge is 0.466 e. The lowest BCUT2D eigenvalue weighted by molar-refractivity contribution is -0.150. The molecule has 1 aromatic rings. The maximum atomic E-state index is 14.4. The van der Waals surface area contributed by atoms with Gasteiger partial charge >= 0.3 is 12.1 Å². The summed E-state index contributed by atoms with van der Waals surface area (Å²) in [6.07, 6.45) is 0.493. The first-order valence-corrected chi connectivity index (χ1v) is 13.9. The van der Waals surface area contributed by atoms with Gasteiger partial charge in [-0.1, -0.05) is 57.0 Å². The number of alkyl carbamates (subject to hydrolysis) is 1. The van der Waals surface area contributed by atoms with Crippen LogP contribution in [0.25, 0.3) is 0 Å². The van der Waals surface area contributed by atoms with Crippen molar-refractivity contribution in [2.24, 2.45) is 5.92 Å². The van der Waals surface area contributed by atoms with Gasteiger partial charge in [-0.05, 0) is 66.4 Å². The number of aryl methyl sites for hydroxylation is 1. The maximum Gasteiger partial charge on any atom is 0.408 e. The Balaban J connectivity index is 3.56. The molecule has 0 aromatic heterocycles. The van der Waals surface area contributed by atoms with Crippen LogP contribution >= 0.6 is 0 Å². The van der Waals surface area contributed by atoms with E-state index in [9.17, 15) is 19.2 Å². The Morgan fingerprint density at radius 2 is 1.56 bits per heavy atom. The van der Waals surface area contributed by atoms with Crippen LogP contribution in [0.3, 0.4) is 0 Å². The van der Waals surface area contributed by atoms with Crippen molar-refractivity contribution in [2.45, 2.75) is 112 Å². The lowest BCUT2D eigenvalue weighted by Crippen LogP contribution is -2.60. The Kier molecular flexibility index (Phi) is 13.0. The quantitative estimate of drug-likeness (QED) is 0.334. The van der Waals surface area contributed by atoms with Crippen molar-refractivity contribution in [1.82, 2.24) is 15.5 Å². The average molecular weight is 548 g/mol. The molecular formula is C30H49N3O6. The molecular weight excluding hydrogens is 498 g/mol. The zero-order valence-corrected chi connectivity index (χ0v) is 25.5. The Bertz CT molecular complexity index is 968. The number of amides is 3. The average Bonchev–Trinajstić information content (AvgIpc) is 2.84. The molecule has 0 bridgehead atoms. The van der Waals surface area contributed by atoms with Crippen LogP contribution in [0, 0.1) is 12.8 Å². The predicted molar refractivity (Wildman–Crippen MR) is 152 cm³/mol. The van der Waals surface area contributed by atoms with Gasteiger partial charge in [0.1, 0.15) is 17.7 Å². The fraction of sp³-hybridized carbons (Fsp3) is 0.667. The molecule has 1 rings (SSSR count). The molecule has 3 amide bonds. The van der Waals surface area contributed by atoms with Gasteiger partial charge in [-0.3, -0.25) is 14.4 Å². The summed E-state index contributed by atoms with van der Waals surface area (Å²) in [6.45, 7) is 18.8. The topological polar surface area (TPSA) is 114 Å². The number of nitrogens with one attached hydrogen (secondary N) is 2. The summed E-state index contributed by atoms with van der Waals surface area (Å²) in [7, 11) is 0. The van der Waals surface area contributed by atoms with Crippen LogP contribution in [0.15, 0.2) is 24.3 Å². The van der Waals surface area contributed by atoms with Gasteiger partial charge in [0.25, 0.3) is 0 Å². The third-order valence-corrected chi connectivity index (χ3v) is 6.74. The lowest BCUT2D eigenvalue weighted by atomic mass is 9.89. The Hall–Kier alpha value is -3.10. The number of benzene rings is 1. The number of carbonyl (C=O) groups excluding carboxylic acids is 4. The molecule has 3 atom stereocenters. The van der Waals surface area contributed by atoms with Gasteiger partial charge in [-0.2, -0.15) is 0 Å². The first-order valence-electron chi connectivity index (χ1n) is 13.9. The van der Waals surface area contributed by atoms with Crippen molar-refractivity contribution in [3.8, 4) is 0 Å². The van der Waals surface area contributed by atoms with E-state index >= 15 is 0 Å². The number of hydrogen-bond donors (Lipinski definition) is 2. The summed E-state index contributed by atoms with van der Waals surface area (Å²) in [5, 5.41) is 5.61. The van der Waals surface area contributed by atoms with Crippen molar-refractivity contribution in [3.05, 3.63) is 35.4 Å². The summed E-state index contributed by atoms with van der Waals surface area (Å²) in [4.78, 5) is 54.4. The summed E-state index contributed by atoms with van der Waals surface area (Å²) in [5.41, 5.74) is 0.145. The first kappa shape index (κ1) is 33.9. The van der Waals surface area contributed by atoms with Crippen molar-refractivity contribution in [2.75, 3.05) is 13.2 Å². The zero-order valence-electron chi connectivity index (χ0n) is 25.5. The fourth-order valence-electron chi connectivity index (χ4n) is 4.00. The minimum absolute atomic E-state index is 0.0149. The van der Waals surface area contributed by atoms with Crippen molar-refractivity contribution in [3.63, 3.8) is 0 Å². The second kappa shape index (κ2) is 14.9. The molecule has 0 aliphatic heterocycles. The van der Waals surface area contributed by atoms with Gasteiger partial charge in [0.15, 0.2) is 0 Å². The Morgan fingerprint density at radius 1 is 0.974 bits per heavy atom. The highest BCUT2D eigenvalue weighted by molar-refractivity contribution is 5.93. The lowest BCUT2D eigenvalue weighted by Gasteiger charge is -2.45. The van der Waals surface area contributed by atoms with Crippen molar-refractivity contribution >= 4 is 23.9 Å². The van der Waals surface area contributed by atoms with E-state index in [0.717, 1.165) is 5.56 Å². The standard InChI is InChI=1S/C30H49N3O6/c1-11-21(5)24(32-28(37)39-29(6,7)8)27(36)33(30(9,10)12-2)25(22-16-14-20(4)15-17-22)26(35)31-19-18-23(34)38-13-3/h14-17,21,24-25H,11-13,18-19H2,1-10H3,(H,31,35)(H,32,37). The van der Waals surface area contributed by atoms with Gasteiger partial charge in [0.2, 0.25) is 11.8 Å². The molecule has 0 aliphatic carbocycles. The van der Waals surface area contributed by atoms with Crippen LogP contribution in [0.2, 0.25) is 0 Å². The van der Waals surface area contributed by atoms with E-state index < -0.39 is 41.2 Å². The maximum absolute atomic E-state index is 14.4. The normalized spacial score (nSPS) is 14.0. The van der Waals surface area contributed by atoms with Gasteiger partial charge in [-0.25, -0.2) is 4.79 Å². The number of nitrogens with zero attached hydrogens (tertiary/aromatic N) is 1. The summed E-state index contributed by atoms with van der Waals surface area (Å²) >= 11 is 0. The third-order valence-electron chi connectivity index (χ3n) is 6.74. The molecule has 39 heavy (non-hydrogen) atoms. The van der Waals surface area contributed by atoms with E-state index in [1.807, 2.05) is 65.8 Å². The molecule has 0 heterocycles. The zero-order chi connectivity index (χ0) is 30.0. The molecule has 9 heteroatoms. The highest BCUT2D eigenvalue weighted by Gasteiger charge is 2.44. The fourth-order valence-corrected chi connectivity index (χ4v) is 4.00. The van der Waals surface area contributed by atoms with Gasteiger partial charge < -0.3 is 25.0 Å². The van der Waals surface area contributed by atoms with Crippen molar-refractivity contribution < 1.29 is 28.7 Å². The molecule has 2 N–H and O–H groups in total. The molecule has 0 saturated carbocycles. The number of ether oxygens (including phenoxy) is 2. The monoisotopic (exact) mass is 547 g/mol. The first-order chi connectivity index (χ1) is 18.1. The van der Waals surface area contributed by atoms with Crippen LogP contribution in [0.1, 0.15) is 98.7 Å². The summed E-state index contributed by atoms with van der Waals surface area (Å²) < 4.78 is 10.4. The second-order valence-electron chi connectivity index (χ2n) is 11.5. The van der Waals surface area contributed by atoms with E-state index in [1.54, 1.807) is 32.6 Å².